The lowest BCUT2D eigenvalue weighted by atomic mass is 9.84. The van der Waals surface area contributed by atoms with Gasteiger partial charge in [-0.3, -0.25) is 4.79 Å². The second-order valence-electron chi connectivity index (χ2n) is 6.11. The second kappa shape index (κ2) is 5.99. The molecule has 1 saturated heterocycles. The molecule has 0 aromatic rings. The summed E-state index contributed by atoms with van der Waals surface area (Å²) in [5.41, 5.74) is -0.378. The minimum Gasteiger partial charge on any atom is -0.481 e. The summed E-state index contributed by atoms with van der Waals surface area (Å²) in [5.74, 6) is -1.29. The fourth-order valence-corrected chi connectivity index (χ4v) is 3.06. The average Bonchev–Trinajstić information content (AvgIpc) is 2.69. The Labute approximate surface area is 119 Å². The maximum Gasteiger partial charge on any atom is 0.315 e. The van der Waals surface area contributed by atoms with Crippen molar-refractivity contribution in [3.63, 3.8) is 0 Å². The van der Waals surface area contributed by atoms with E-state index in [1.54, 1.807) is 0 Å². The predicted molar refractivity (Wildman–Crippen MR) is 73.5 cm³/mol. The molecule has 0 spiro atoms. The number of carboxylic acid groups (broad SMARTS) is 1. The molecule has 4 unspecified atom stereocenters. The first-order valence-electron chi connectivity index (χ1n) is 7.35. The topological polar surface area (TPSA) is 87.7 Å². The van der Waals surface area contributed by atoms with Gasteiger partial charge in [0.15, 0.2) is 0 Å². The van der Waals surface area contributed by atoms with Crippen LogP contribution in [0.2, 0.25) is 0 Å². The highest BCUT2D eigenvalue weighted by atomic mass is 16.5. The molecule has 2 fully saturated rings. The monoisotopic (exact) mass is 284 g/mol. The van der Waals surface area contributed by atoms with Gasteiger partial charge < -0.3 is 20.5 Å². The van der Waals surface area contributed by atoms with Crippen LogP contribution in [0.5, 0.6) is 0 Å². The highest BCUT2D eigenvalue weighted by Gasteiger charge is 2.39. The minimum absolute atomic E-state index is 0.0325. The number of carboxylic acids is 1. The molecule has 2 amide bonds. The highest BCUT2D eigenvalue weighted by molar-refractivity contribution is 5.77. The Hall–Kier alpha value is -1.30. The van der Waals surface area contributed by atoms with Gasteiger partial charge in [-0.25, -0.2) is 4.79 Å². The van der Waals surface area contributed by atoms with Crippen molar-refractivity contribution in [3.8, 4) is 0 Å². The van der Waals surface area contributed by atoms with Gasteiger partial charge in [0.1, 0.15) is 0 Å². The largest absolute Gasteiger partial charge is 0.481 e. The summed E-state index contributed by atoms with van der Waals surface area (Å²) in [6.45, 7) is 4.53. The summed E-state index contributed by atoms with van der Waals surface area (Å²) in [7, 11) is 0. The number of urea groups is 1. The first-order chi connectivity index (χ1) is 9.42. The maximum absolute atomic E-state index is 12.1. The van der Waals surface area contributed by atoms with E-state index >= 15 is 0 Å². The van der Waals surface area contributed by atoms with Gasteiger partial charge in [-0.15, -0.1) is 0 Å². The van der Waals surface area contributed by atoms with E-state index < -0.39 is 11.9 Å². The van der Waals surface area contributed by atoms with Gasteiger partial charge >= 0.3 is 12.0 Å². The van der Waals surface area contributed by atoms with Crippen LogP contribution in [0.4, 0.5) is 4.79 Å². The summed E-state index contributed by atoms with van der Waals surface area (Å²) < 4.78 is 5.48. The van der Waals surface area contributed by atoms with E-state index in [1.807, 2.05) is 13.8 Å². The van der Waals surface area contributed by atoms with Crippen molar-refractivity contribution in [1.82, 2.24) is 10.6 Å². The molecule has 20 heavy (non-hydrogen) atoms. The Morgan fingerprint density at radius 3 is 2.60 bits per heavy atom. The number of amides is 2. The summed E-state index contributed by atoms with van der Waals surface area (Å²) in [6, 6.07) is -0.564. The highest BCUT2D eigenvalue weighted by Crippen LogP contribution is 2.26. The lowest BCUT2D eigenvalue weighted by Gasteiger charge is -2.33. The molecule has 0 radical (unpaired) electrons. The summed E-state index contributed by atoms with van der Waals surface area (Å²) in [5, 5.41) is 15.0. The Balaban J connectivity index is 1.91. The Kier molecular flexibility index (Phi) is 4.52. The molecule has 2 rings (SSSR count). The molecule has 1 heterocycles. The van der Waals surface area contributed by atoms with E-state index in [4.69, 9.17) is 4.74 Å². The molecule has 4 atom stereocenters. The van der Waals surface area contributed by atoms with Gasteiger partial charge in [0.25, 0.3) is 0 Å². The Morgan fingerprint density at radius 1 is 1.30 bits per heavy atom. The smallest absolute Gasteiger partial charge is 0.315 e. The van der Waals surface area contributed by atoms with Crippen LogP contribution in [0.25, 0.3) is 0 Å². The van der Waals surface area contributed by atoms with E-state index in [9.17, 15) is 14.7 Å². The van der Waals surface area contributed by atoms with Crippen molar-refractivity contribution in [3.05, 3.63) is 0 Å². The predicted octanol–water partition coefficient (Wildman–Crippen LogP) is 1.50. The van der Waals surface area contributed by atoms with Crippen LogP contribution >= 0.6 is 0 Å². The molecule has 0 bridgehead atoms. The fourth-order valence-electron chi connectivity index (χ4n) is 3.06. The van der Waals surface area contributed by atoms with E-state index in [0.717, 1.165) is 25.7 Å². The number of rotatable bonds is 3. The fraction of sp³-hybridized carbons (Fsp3) is 0.857. The summed E-state index contributed by atoms with van der Waals surface area (Å²) in [4.78, 5) is 23.3. The normalized spacial score (nSPS) is 37.4. The lowest BCUT2D eigenvalue weighted by molar-refractivity contribution is -0.143. The van der Waals surface area contributed by atoms with Gasteiger partial charge in [0.2, 0.25) is 0 Å². The standard InChI is InChI=1S/C14H24N2O4/c1-9-14(2,7-8-20-9)16-13(19)15-11-6-4-3-5-10(11)12(17)18/h9-11H,3-8H2,1-2H3,(H,17,18)(H2,15,16,19). The minimum atomic E-state index is -0.821. The molecular weight excluding hydrogens is 260 g/mol. The number of hydrogen-bond acceptors (Lipinski definition) is 3. The third-order valence-corrected chi connectivity index (χ3v) is 4.69. The van der Waals surface area contributed by atoms with Crippen molar-refractivity contribution >= 4 is 12.0 Å². The van der Waals surface area contributed by atoms with Gasteiger partial charge in [-0.1, -0.05) is 12.8 Å². The van der Waals surface area contributed by atoms with E-state index in [2.05, 4.69) is 10.6 Å². The Bertz CT molecular complexity index is 387. The number of nitrogens with one attached hydrogen (secondary N) is 2. The van der Waals surface area contributed by atoms with Crippen LogP contribution in [0.15, 0.2) is 0 Å². The molecule has 2 aliphatic rings. The van der Waals surface area contributed by atoms with Crippen LogP contribution in [-0.4, -0.2) is 41.4 Å². The number of carbonyl (C=O) groups excluding carboxylic acids is 1. The van der Waals surface area contributed by atoms with Gasteiger partial charge in [0, 0.05) is 12.6 Å². The number of carbonyl (C=O) groups is 2. The molecule has 0 aromatic carbocycles. The van der Waals surface area contributed by atoms with Gasteiger partial charge in [0.05, 0.1) is 17.6 Å². The molecule has 0 aromatic heterocycles. The third kappa shape index (κ3) is 3.23. The van der Waals surface area contributed by atoms with Crippen molar-refractivity contribution in [2.75, 3.05) is 6.61 Å². The molecule has 114 valence electrons. The van der Waals surface area contributed by atoms with Crippen LogP contribution in [0, 0.1) is 5.92 Å². The molecule has 1 aliphatic heterocycles. The molecule has 6 heteroatoms. The van der Waals surface area contributed by atoms with E-state index in [1.165, 1.54) is 0 Å². The zero-order chi connectivity index (χ0) is 14.8. The Morgan fingerprint density at radius 2 is 2.00 bits per heavy atom. The maximum atomic E-state index is 12.1. The quantitative estimate of drug-likeness (QED) is 0.733. The van der Waals surface area contributed by atoms with Gasteiger partial charge in [-0.2, -0.15) is 0 Å². The lowest BCUT2D eigenvalue weighted by Crippen LogP contribution is -2.57. The van der Waals surface area contributed by atoms with E-state index in [0.29, 0.717) is 13.0 Å². The zero-order valence-electron chi connectivity index (χ0n) is 12.1. The molecular formula is C14H24N2O4. The van der Waals surface area contributed by atoms with Crippen molar-refractivity contribution in [2.45, 2.75) is 63.6 Å². The average molecular weight is 284 g/mol. The van der Waals surface area contributed by atoms with E-state index in [-0.39, 0.29) is 23.7 Å². The second-order valence-corrected chi connectivity index (χ2v) is 6.11. The van der Waals surface area contributed by atoms with Crippen molar-refractivity contribution in [2.24, 2.45) is 5.92 Å². The zero-order valence-corrected chi connectivity index (χ0v) is 12.1. The van der Waals surface area contributed by atoms with Crippen LogP contribution in [0.3, 0.4) is 0 Å². The van der Waals surface area contributed by atoms with Crippen LogP contribution in [0.1, 0.15) is 46.0 Å². The molecule has 1 aliphatic carbocycles. The molecule has 1 saturated carbocycles. The molecule has 6 nitrogen and oxygen atoms in total. The third-order valence-electron chi connectivity index (χ3n) is 4.69. The summed E-state index contributed by atoms with van der Waals surface area (Å²) >= 11 is 0. The van der Waals surface area contributed by atoms with Crippen molar-refractivity contribution in [1.29, 1.82) is 0 Å². The van der Waals surface area contributed by atoms with Gasteiger partial charge in [-0.05, 0) is 33.1 Å². The SMILES string of the molecule is CC1OCCC1(C)NC(=O)NC1CCCCC1C(=O)O. The van der Waals surface area contributed by atoms with Crippen LogP contribution < -0.4 is 10.6 Å². The number of aliphatic carboxylic acids is 1. The first-order valence-corrected chi connectivity index (χ1v) is 7.35. The number of hydrogen-bond donors (Lipinski definition) is 3. The first kappa shape index (κ1) is 15.1. The summed E-state index contributed by atoms with van der Waals surface area (Å²) in [6.07, 6.45) is 3.99. The number of ether oxygens (including phenoxy) is 1. The molecule has 3 N–H and O–H groups in total. The van der Waals surface area contributed by atoms with Crippen molar-refractivity contribution < 1.29 is 19.4 Å². The van der Waals surface area contributed by atoms with Crippen LogP contribution in [-0.2, 0) is 9.53 Å².